The van der Waals surface area contributed by atoms with E-state index in [9.17, 15) is 10.1 Å². The molecule has 1 N–H and O–H groups in total. The largest absolute Gasteiger partial charge is 0.380 e. The van der Waals surface area contributed by atoms with E-state index in [1.54, 1.807) is 0 Å². The molecule has 0 aromatic heterocycles. The highest BCUT2D eigenvalue weighted by Gasteiger charge is 2.49. The molecule has 0 bridgehead atoms. The van der Waals surface area contributed by atoms with Crippen LogP contribution < -0.4 is 5.32 Å². The minimum Gasteiger partial charge on any atom is -0.380 e. The number of Topliss-reactive ketones (excluding diaryl/α,β-unsaturated/α-hetero) is 1. The van der Waals surface area contributed by atoms with Crippen LogP contribution >= 0.6 is 0 Å². The molecule has 168 valence electrons. The lowest BCUT2D eigenvalue weighted by molar-refractivity contribution is -0.112. The minimum atomic E-state index is -0.226. The Morgan fingerprint density at radius 2 is 1.91 bits per heavy atom. The quantitative estimate of drug-likeness (QED) is 0.727. The SMILES string of the molecule is CCN1[C@H](C)CN([C@H]2C=CC3=C(C2)C(C)(C)C2=C(C3=O)C3C=CC(C#N)=CC3N2)C[C@@H]1C. The zero-order valence-electron chi connectivity index (χ0n) is 19.9. The van der Waals surface area contributed by atoms with Crippen molar-refractivity contribution < 1.29 is 4.79 Å². The Morgan fingerprint density at radius 3 is 2.56 bits per heavy atom. The third kappa shape index (κ3) is 3.08. The monoisotopic (exact) mass is 430 g/mol. The third-order valence-corrected chi connectivity index (χ3v) is 8.33. The van der Waals surface area contributed by atoms with Crippen LogP contribution in [0.3, 0.4) is 0 Å². The van der Waals surface area contributed by atoms with E-state index in [2.05, 4.69) is 68.0 Å². The molecule has 0 saturated carbocycles. The first-order chi connectivity index (χ1) is 15.3. The first kappa shape index (κ1) is 21.4. The van der Waals surface area contributed by atoms with Crippen LogP contribution in [0.1, 0.15) is 41.0 Å². The highest BCUT2D eigenvalue weighted by molar-refractivity contribution is 6.14. The van der Waals surface area contributed by atoms with Gasteiger partial charge in [-0.15, -0.1) is 0 Å². The topological polar surface area (TPSA) is 59.4 Å². The van der Waals surface area contributed by atoms with Crippen LogP contribution in [-0.2, 0) is 4.79 Å². The van der Waals surface area contributed by atoms with Gasteiger partial charge in [0.1, 0.15) is 0 Å². The molecule has 2 unspecified atom stereocenters. The summed E-state index contributed by atoms with van der Waals surface area (Å²) in [6.07, 6.45) is 11.1. The second-order valence-corrected chi connectivity index (χ2v) is 10.5. The number of piperazine rings is 1. The van der Waals surface area contributed by atoms with Crippen molar-refractivity contribution in [3.8, 4) is 6.07 Å². The van der Waals surface area contributed by atoms with Gasteiger partial charge in [-0.1, -0.05) is 39.0 Å². The van der Waals surface area contributed by atoms with Gasteiger partial charge in [-0.05, 0) is 44.5 Å². The summed E-state index contributed by atoms with van der Waals surface area (Å²) in [6, 6.07) is 3.64. The first-order valence-corrected chi connectivity index (χ1v) is 12.0. The lowest BCUT2D eigenvalue weighted by Gasteiger charge is -2.48. The Kier molecular flexibility index (Phi) is 5.07. The molecule has 5 heteroatoms. The number of nitriles is 1. The molecular formula is C27H34N4O. The summed E-state index contributed by atoms with van der Waals surface area (Å²) >= 11 is 0. The van der Waals surface area contributed by atoms with Gasteiger partial charge >= 0.3 is 0 Å². The molecule has 5 atom stereocenters. The van der Waals surface area contributed by atoms with Crippen molar-refractivity contribution in [1.82, 2.24) is 15.1 Å². The van der Waals surface area contributed by atoms with Crippen LogP contribution in [0, 0.1) is 22.7 Å². The van der Waals surface area contributed by atoms with E-state index in [1.807, 2.05) is 18.2 Å². The molecule has 32 heavy (non-hydrogen) atoms. The average Bonchev–Trinajstić information content (AvgIpc) is 3.17. The van der Waals surface area contributed by atoms with E-state index >= 15 is 0 Å². The van der Waals surface area contributed by atoms with E-state index in [0.29, 0.717) is 23.7 Å². The predicted octanol–water partition coefficient (Wildman–Crippen LogP) is 3.50. The number of carbonyl (C=O) groups excluding carboxylic acids is 1. The number of rotatable bonds is 2. The molecule has 5 nitrogen and oxygen atoms in total. The van der Waals surface area contributed by atoms with Crippen molar-refractivity contribution in [3.05, 3.63) is 58.4 Å². The fourth-order valence-electron chi connectivity index (χ4n) is 6.69. The number of likely N-dealkylation sites (N-methyl/N-ethyl adjacent to an activating group) is 1. The fourth-order valence-corrected chi connectivity index (χ4v) is 6.69. The summed E-state index contributed by atoms with van der Waals surface area (Å²) < 4.78 is 0. The van der Waals surface area contributed by atoms with Crippen LogP contribution in [0.15, 0.2) is 58.4 Å². The summed E-state index contributed by atoms with van der Waals surface area (Å²) in [4.78, 5) is 18.8. The van der Waals surface area contributed by atoms with Gasteiger partial charge in [-0.3, -0.25) is 14.6 Å². The highest BCUT2D eigenvalue weighted by atomic mass is 16.1. The number of fused-ring (bicyclic) bond motifs is 2. The molecule has 5 aliphatic rings. The Hall–Kier alpha value is -2.42. The lowest BCUT2D eigenvalue weighted by atomic mass is 9.66. The van der Waals surface area contributed by atoms with Crippen molar-refractivity contribution >= 4 is 5.78 Å². The van der Waals surface area contributed by atoms with Crippen LogP contribution in [0.5, 0.6) is 0 Å². The predicted molar refractivity (Wildman–Crippen MR) is 127 cm³/mol. The summed E-state index contributed by atoms with van der Waals surface area (Å²) in [6.45, 7) is 14.6. The average molecular weight is 431 g/mol. The number of hydrogen-bond acceptors (Lipinski definition) is 5. The molecular weight excluding hydrogens is 396 g/mol. The Labute approximate surface area is 191 Å². The van der Waals surface area contributed by atoms with E-state index in [0.717, 1.165) is 42.9 Å². The second-order valence-electron chi connectivity index (χ2n) is 10.5. The minimum absolute atomic E-state index is 0.00664. The van der Waals surface area contributed by atoms with Crippen molar-refractivity contribution in [2.45, 2.75) is 65.2 Å². The van der Waals surface area contributed by atoms with Crippen LogP contribution in [0.2, 0.25) is 0 Å². The van der Waals surface area contributed by atoms with E-state index in [-0.39, 0.29) is 23.2 Å². The molecule has 2 heterocycles. The summed E-state index contributed by atoms with van der Waals surface area (Å²) in [7, 11) is 0. The Balaban J connectivity index is 1.42. The first-order valence-electron chi connectivity index (χ1n) is 12.0. The van der Waals surface area contributed by atoms with Crippen molar-refractivity contribution in [3.63, 3.8) is 0 Å². The van der Waals surface area contributed by atoms with Gasteiger partial charge in [0.15, 0.2) is 5.78 Å². The van der Waals surface area contributed by atoms with Crippen LogP contribution in [-0.4, -0.2) is 59.4 Å². The summed E-state index contributed by atoms with van der Waals surface area (Å²) in [5, 5.41) is 12.9. The molecule has 1 saturated heterocycles. The normalized spacial score (nSPS) is 36.3. The molecule has 1 fully saturated rings. The maximum atomic E-state index is 13.7. The molecule has 2 aliphatic heterocycles. The van der Waals surface area contributed by atoms with Gasteiger partial charge in [-0.25, -0.2) is 0 Å². The Bertz CT molecular complexity index is 1040. The van der Waals surface area contributed by atoms with Gasteiger partial charge < -0.3 is 5.32 Å². The van der Waals surface area contributed by atoms with E-state index in [1.165, 1.54) is 5.57 Å². The summed E-state index contributed by atoms with van der Waals surface area (Å²) in [5.41, 5.74) is 4.54. The molecule has 0 spiro atoms. The van der Waals surface area contributed by atoms with Gasteiger partial charge in [0.25, 0.3) is 0 Å². The van der Waals surface area contributed by atoms with Crippen molar-refractivity contribution in [2.75, 3.05) is 19.6 Å². The van der Waals surface area contributed by atoms with Gasteiger partial charge in [0.05, 0.1) is 12.1 Å². The molecule has 0 aromatic rings. The maximum absolute atomic E-state index is 13.7. The number of carbonyl (C=O) groups is 1. The fraction of sp³-hybridized carbons (Fsp3) is 0.556. The second kappa shape index (κ2) is 7.57. The van der Waals surface area contributed by atoms with Gasteiger partial charge in [0.2, 0.25) is 0 Å². The van der Waals surface area contributed by atoms with Gasteiger partial charge in [0, 0.05) is 65.0 Å². The number of ketones is 1. The number of nitrogens with zero attached hydrogens (tertiary/aromatic N) is 3. The maximum Gasteiger partial charge on any atom is 0.191 e. The number of hydrogen-bond donors (Lipinski definition) is 1. The van der Waals surface area contributed by atoms with Crippen molar-refractivity contribution in [1.29, 1.82) is 5.26 Å². The zero-order valence-corrected chi connectivity index (χ0v) is 19.9. The zero-order chi connectivity index (χ0) is 22.8. The molecule has 0 radical (unpaired) electrons. The summed E-state index contributed by atoms with van der Waals surface area (Å²) in [5.74, 6) is 0.179. The van der Waals surface area contributed by atoms with E-state index < -0.39 is 0 Å². The molecule has 0 aromatic carbocycles. The third-order valence-electron chi connectivity index (χ3n) is 8.33. The van der Waals surface area contributed by atoms with Crippen molar-refractivity contribution in [2.24, 2.45) is 11.3 Å². The molecule has 0 amide bonds. The highest BCUT2D eigenvalue weighted by Crippen LogP contribution is 2.51. The standard InChI is InChI=1S/C27H34N4O/c1-6-31-16(2)14-30(15-17(31)3)19-8-10-20-22(12-19)27(4,5)26-24(25(20)32)21-9-7-18(13-28)11-23(21)29-26/h7-11,16-17,19,21,23,29H,6,12,14-15H2,1-5H3/t16-,17+,19-,21?,23?/m0/s1. The van der Waals surface area contributed by atoms with Crippen LogP contribution in [0.25, 0.3) is 0 Å². The molecule has 5 rings (SSSR count). The van der Waals surface area contributed by atoms with Gasteiger partial charge in [-0.2, -0.15) is 5.26 Å². The molecule has 3 aliphatic carbocycles. The smallest absolute Gasteiger partial charge is 0.191 e. The Morgan fingerprint density at radius 1 is 1.19 bits per heavy atom. The van der Waals surface area contributed by atoms with Crippen LogP contribution in [0.4, 0.5) is 0 Å². The number of allylic oxidation sites excluding steroid dienone is 5. The number of nitrogens with one attached hydrogen (secondary N) is 1. The lowest BCUT2D eigenvalue weighted by Crippen LogP contribution is -2.59. The van der Waals surface area contributed by atoms with E-state index in [4.69, 9.17) is 0 Å².